The van der Waals surface area contributed by atoms with Crippen LogP contribution in [0.25, 0.3) is 0 Å². The summed E-state index contributed by atoms with van der Waals surface area (Å²) >= 11 is 0. The van der Waals surface area contributed by atoms with Crippen LogP contribution in [0.4, 0.5) is 0 Å². The van der Waals surface area contributed by atoms with Crippen molar-refractivity contribution in [1.82, 2.24) is 14.7 Å². The van der Waals surface area contributed by atoms with E-state index in [0.717, 1.165) is 6.42 Å². The van der Waals surface area contributed by atoms with E-state index in [9.17, 15) is 14.4 Å². The maximum Gasteiger partial charge on any atom is 0.228 e. The first-order valence-electron chi connectivity index (χ1n) is 8.99. The Morgan fingerprint density at radius 2 is 1.62 bits per heavy atom. The summed E-state index contributed by atoms with van der Waals surface area (Å²) in [6, 6.07) is 0. The lowest BCUT2D eigenvalue weighted by Crippen LogP contribution is -2.44. The Labute approximate surface area is 145 Å². The number of carbonyl (C=O) groups excluding carboxylic acids is 3. The van der Waals surface area contributed by atoms with E-state index in [1.165, 1.54) is 0 Å². The van der Waals surface area contributed by atoms with Crippen molar-refractivity contribution in [1.29, 1.82) is 0 Å². The zero-order valence-corrected chi connectivity index (χ0v) is 15.7. The highest BCUT2D eigenvalue weighted by Crippen LogP contribution is 2.27. The lowest BCUT2D eigenvalue weighted by atomic mass is 10.1. The van der Waals surface area contributed by atoms with E-state index in [0.29, 0.717) is 39.1 Å². The van der Waals surface area contributed by atoms with E-state index in [1.807, 2.05) is 49.3 Å². The van der Waals surface area contributed by atoms with Crippen LogP contribution in [0.2, 0.25) is 0 Å². The smallest absolute Gasteiger partial charge is 0.228 e. The molecule has 2 rings (SSSR count). The van der Waals surface area contributed by atoms with Crippen molar-refractivity contribution in [2.75, 3.05) is 32.7 Å². The molecular formula is C18H31N3O3. The maximum absolute atomic E-state index is 12.8. The summed E-state index contributed by atoms with van der Waals surface area (Å²) in [5.41, 5.74) is -0.245. The van der Waals surface area contributed by atoms with Gasteiger partial charge in [0.25, 0.3) is 0 Å². The van der Waals surface area contributed by atoms with Crippen LogP contribution in [0, 0.1) is 11.8 Å². The molecule has 24 heavy (non-hydrogen) atoms. The van der Waals surface area contributed by atoms with Gasteiger partial charge in [0.05, 0.1) is 5.92 Å². The highest BCUT2D eigenvalue weighted by Gasteiger charge is 2.41. The molecule has 0 radical (unpaired) electrons. The van der Waals surface area contributed by atoms with Gasteiger partial charge in [0, 0.05) is 50.6 Å². The first-order valence-corrected chi connectivity index (χ1v) is 8.99. The van der Waals surface area contributed by atoms with Gasteiger partial charge in [-0.15, -0.1) is 0 Å². The molecule has 2 heterocycles. The summed E-state index contributed by atoms with van der Waals surface area (Å²) in [6.45, 7) is 12.8. The number of rotatable bonds is 2. The van der Waals surface area contributed by atoms with E-state index in [1.54, 1.807) is 0 Å². The summed E-state index contributed by atoms with van der Waals surface area (Å²) in [6.07, 6.45) is 1.11. The zero-order chi connectivity index (χ0) is 18.1. The number of likely N-dealkylation sites (tertiary alicyclic amines) is 1. The average molecular weight is 337 g/mol. The van der Waals surface area contributed by atoms with Crippen LogP contribution in [0.1, 0.15) is 47.5 Å². The molecule has 6 heteroatoms. The molecule has 0 bridgehead atoms. The second-order valence-corrected chi connectivity index (χ2v) is 8.24. The van der Waals surface area contributed by atoms with Gasteiger partial charge < -0.3 is 14.7 Å². The number of hydrogen-bond acceptors (Lipinski definition) is 3. The SMILES string of the molecule is CC(C)C(=O)N1CCCN(C(=O)C2CC(=O)N(C(C)(C)C)C2)CC1. The highest BCUT2D eigenvalue weighted by atomic mass is 16.2. The lowest BCUT2D eigenvalue weighted by Gasteiger charge is -2.32. The summed E-state index contributed by atoms with van der Waals surface area (Å²) in [5, 5.41) is 0. The second kappa shape index (κ2) is 7.11. The fourth-order valence-electron chi connectivity index (χ4n) is 3.50. The molecule has 136 valence electrons. The second-order valence-electron chi connectivity index (χ2n) is 8.24. The minimum atomic E-state index is -0.246. The Morgan fingerprint density at radius 3 is 2.17 bits per heavy atom. The highest BCUT2D eigenvalue weighted by molar-refractivity contribution is 5.89. The van der Waals surface area contributed by atoms with Gasteiger partial charge in [-0.25, -0.2) is 0 Å². The van der Waals surface area contributed by atoms with Crippen molar-refractivity contribution in [2.45, 2.75) is 53.0 Å². The van der Waals surface area contributed by atoms with Crippen LogP contribution in [-0.2, 0) is 14.4 Å². The van der Waals surface area contributed by atoms with Gasteiger partial charge in [-0.05, 0) is 27.2 Å². The number of hydrogen-bond donors (Lipinski definition) is 0. The molecule has 2 saturated heterocycles. The maximum atomic E-state index is 12.8. The fraction of sp³-hybridized carbons (Fsp3) is 0.833. The quantitative estimate of drug-likeness (QED) is 0.764. The predicted molar refractivity (Wildman–Crippen MR) is 92.2 cm³/mol. The largest absolute Gasteiger partial charge is 0.341 e. The summed E-state index contributed by atoms with van der Waals surface area (Å²) < 4.78 is 0. The molecule has 0 aromatic heterocycles. The molecule has 0 saturated carbocycles. The molecule has 2 aliphatic rings. The molecule has 0 N–H and O–H groups in total. The van der Waals surface area contributed by atoms with Gasteiger partial charge >= 0.3 is 0 Å². The summed E-state index contributed by atoms with van der Waals surface area (Å²) in [7, 11) is 0. The van der Waals surface area contributed by atoms with E-state index in [-0.39, 0.29) is 35.1 Å². The molecule has 0 aromatic carbocycles. The van der Waals surface area contributed by atoms with Crippen molar-refractivity contribution in [3.63, 3.8) is 0 Å². The van der Waals surface area contributed by atoms with Crippen molar-refractivity contribution in [3.8, 4) is 0 Å². The molecule has 0 aliphatic carbocycles. The molecule has 1 unspecified atom stereocenters. The third-order valence-corrected chi connectivity index (χ3v) is 4.90. The van der Waals surface area contributed by atoms with Gasteiger partial charge in [-0.2, -0.15) is 0 Å². The average Bonchev–Trinajstić information content (AvgIpc) is 2.73. The molecule has 0 spiro atoms. The Kier molecular flexibility index (Phi) is 5.56. The van der Waals surface area contributed by atoms with Gasteiger partial charge in [0.2, 0.25) is 17.7 Å². The van der Waals surface area contributed by atoms with Crippen LogP contribution in [0.5, 0.6) is 0 Å². The van der Waals surface area contributed by atoms with E-state index in [2.05, 4.69) is 0 Å². The summed E-state index contributed by atoms with van der Waals surface area (Å²) in [4.78, 5) is 42.7. The molecule has 1 atom stereocenters. The monoisotopic (exact) mass is 337 g/mol. The molecule has 3 amide bonds. The third-order valence-electron chi connectivity index (χ3n) is 4.90. The van der Waals surface area contributed by atoms with Crippen LogP contribution >= 0.6 is 0 Å². The van der Waals surface area contributed by atoms with Crippen molar-refractivity contribution in [2.24, 2.45) is 11.8 Å². The number of amides is 3. The normalized spacial score (nSPS) is 23.0. The first-order chi connectivity index (χ1) is 11.1. The van der Waals surface area contributed by atoms with E-state index in [4.69, 9.17) is 0 Å². The molecular weight excluding hydrogens is 306 g/mol. The molecule has 2 aliphatic heterocycles. The predicted octanol–water partition coefficient (Wildman–Crippen LogP) is 1.35. The minimum absolute atomic E-state index is 0.0138. The van der Waals surface area contributed by atoms with Crippen LogP contribution in [-0.4, -0.2) is 70.7 Å². The Balaban J connectivity index is 1.96. The van der Waals surface area contributed by atoms with Crippen LogP contribution in [0.3, 0.4) is 0 Å². The van der Waals surface area contributed by atoms with Gasteiger partial charge in [-0.3, -0.25) is 14.4 Å². The minimum Gasteiger partial charge on any atom is -0.341 e. The Bertz CT molecular complexity index is 510. The number of nitrogens with zero attached hydrogens (tertiary/aromatic N) is 3. The van der Waals surface area contributed by atoms with Crippen molar-refractivity contribution >= 4 is 17.7 Å². The zero-order valence-electron chi connectivity index (χ0n) is 15.7. The van der Waals surface area contributed by atoms with E-state index >= 15 is 0 Å². The topological polar surface area (TPSA) is 60.9 Å². The molecule has 2 fully saturated rings. The van der Waals surface area contributed by atoms with Crippen molar-refractivity contribution in [3.05, 3.63) is 0 Å². The Morgan fingerprint density at radius 1 is 1.04 bits per heavy atom. The molecule has 6 nitrogen and oxygen atoms in total. The fourth-order valence-corrected chi connectivity index (χ4v) is 3.50. The van der Waals surface area contributed by atoms with Gasteiger partial charge in [0.1, 0.15) is 0 Å². The standard InChI is InChI=1S/C18H31N3O3/c1-13(2)16(23)19-7-6-8-20(10-9-19)17(24)14-11-15(22)21(12-14)18(3,4)5/h13-14H,6-12H2,1-5H3. The van der Waals surface area contributed by atoms with E-state index < -0.39 is 0 Å². The first kappa shape index (κ1) is 18.7. The summed E-state index contributed by atoms with van der Waals surface area (Å²) in [5.74, 6) is 0.0182. The van der Waals surface area contributed by atoms with Gasteiger partial charge in [0.15, 0.2) is 0 Å². The lowest BCUT2D eigenvalue weighted by molar-refractivity contribution is -0.137. The molecule has 0 aromatic rings. The van der Waals surface area contributed by atoms with Gasteiger partial charge in [-0.1, -0.05) is 13.8 Å². The number of carbonyl (C=O) groups is 3. The van der Waals surface area contributed by atoms with Crippen LogP contribution < -0.4 is 0 Å². The van der Waals surface area contributed by atoms with Crippen molar-refractivity contribution < 1.29 is 14.4 Å². The third kappa shape index (κ3) is 4.08. The Hall–Kier alpha value is -1.59. The van der Waals surface area contributed by atoms with Crippen LogP contribution in [0.15, 0.2) is 0 Å².